The highest BCUT2D eigenvalue weighted by Crippen LogP contribution is 2.28. The third-order valence-corrected chi connectivity index (χ3v) is 5.27. The molecule has 2 aliphatic rings. The molecular formula is C21H34N2O4. The summed E-state index contributed by atoms with van der Waals surface area (Å²) in [4.78, 5) is 4.69. The first-order chi connectivity index (χ1) is 12.9. The molecule has 2 fully saturated rings. The molecule has 0 bridgehead atoms. The Bertz CT molecular complexity index is 602. The lowest BCUT2D eigenvalue weighted by Gasteiger charge is -2.38. The number of benzene rings is 1. The molecule has 0 aromatic heterocycles. The second-order valence-corrected chi connectivity index (χ2v) is 8.27. The van der Waals surface area contributed by atoms with Gasteiger partial charge in [0.1, 0.15) is 24.2 Å². The number of aliphatic hydroxyl groups excluding tert-OH is 1. The number of hydrogen-bond donors (Lipinski definition) is 1. The van der Waals surface area contributed by atoms with Crippen molar-refractivity contribution in [3.05, 3.63) is 23.8 Å². The van der Waals surface area contributed by atoms with E-state index < -0.39 is 6.10 Å². The lowest BCUT2D eigenvalue weighted by molar-refractivity contribution is -0.0884. The van der Waals surface area contributed by atoms with Crippen LogP contribution in [-0.2, 0) is 11.3 Å². The van der Waals surface area contributed by atoms with Crippen molar-refractivity contribution >= 4 is 0 Å². The van der Waals surface area contributed by atoms with Crippen LogP contribution in [0.2, 0.25) is 0 Å². The number of methoxy groups -OCH3 is 1. The first-order valence-corrected chi connectivity index (χ1v) is 10.0. The van der Waals surface area contributed by atoms with Crippen LogP contribution < -0.4 is 9.47 Å². The van der Waals surface area contributed by atoms with Crippen LogP contribution in [0.5, 0.6) is 11.5 Å². The second kappa shape index (κ2) is 9.24. The molecule has 1 atom stereocenters. The van der Waals surface area contributed by atoms with Gasteiger partial charge in [0.05, 0.1) is 19.3 Å². The van der Waals surface area contributed by atoms with E-state index >= 15 is 0 Å². The third-order valence-electron chi connectivity index (χ3n) is 5.27. The van der Waals surface area contributed by atoms with Gasteiger partial charge in [0.25, 0.3) is 0 Å². The lowest BCUT2D eigenvalue weighted by Crippen LogP contribution is -2.47. The molecule has 6 heteroatoms. The predicted octanol–water partition coefficient (Wildman–Crippen LogP) is 2.14. The van der Waals surface area contributed by atoms with Crippen molar-refractivity contribution in [3.63, 3.8) is 0 Å². The Morgan fingerprint density at radius 1 is 1.19 bits per heavy atom. The average Bonchev–Trinajstić information content (AvgIpc) is 3.13. The van der Waals surface area contributed by atoms with E-state index in [4.69, 9.17) is 14.2 Å². The SMILES string of the molecule is COc1ccc(CN2CCOC(C)(C)C2)c(OCC(O)CN2CCCC2)c1. The topological polar surface area (TPSA) is 54.4 Å². The van der Waals surface area contributed by atoms with E-state index in [1.165, 1.54) is 12.8 Å². The second-order valence-electron chi connectivity index (χ2n) is 8.27. The minimum Gasteiger partial charge on any atom is -0.497 e. The summed E-state index contributed by atoms with van der Waals surface area (Å²) in [5, 5.41) is 10.4. The van der Waals surface area contributed by atoms with Crippen molar-refractivity contribution in [2.24, 2.45) is 0 Å². The summed E-state index contributed by atoms with van der Waals surface area (Å²) >= 11 is 0. The molecule has 2 aliphatic heterocycles. The smallest absolute Gasteiger partial charge is 0.127 e. The van der Waals surface area contributed by atoms with Gasteiger partial charge in [-0.05, 0) is 45.8 Å². The minimum atomic E-state index is -0.482. The van der Waals surface area contributed by atoms with E-state index in [9.17, 15) is 5.11 Å². The van der Waals surface area contributed by atoms with Crippen LogP contribution >= 0.6 is 0 Å². The van der Waals surface area contributed by atoms with Crippen LogP contribution in [0.15, 0.2) is 18.2 Å². The van der Waals surface area contributed by atoms with E-state index in [0.717, 1.165) is 56.4 Å². The number of ether oxygens (including phenoxy) is 3. The van der Waals surface area contributed by atoms with Gasteiger partial charge in [0.15, 0.2) is 0 Å². The number of aliphatic hydroxyl groups is 1. The van der Waals surface area contributed by atoms with Crippen LogP contribution in [-0.4, -0.2) is 79.7 Å². The summed E-state index contributed by atoms with van der Waals surface area (Å²) in [6.07, 6.45) is 1.97. The Labute approximate surface area is 163 Å². The Hall–Kier alpha value is -1.34. The molecule has 1 unspecified atom stereocenters. The lowest BCUT2D eigenvalue weighted by atomic mass is 10.1. The molecule has 1 aromatic carbocycles. The fourth-order valence-electron chi connectivity index (χ4n) is 3.92. The number of likely N-dealkylation sites (tertiary alicyclic amines) is 1. The zero-order chi connectivity index (χ0) is 19.3. The fourth-order valence-corrected chi connectivity index (χ4v) is 3.92. The monoisotopic (exact) mass is 378 g/mol. The van der Waals surface area contributed by atoms with Crippen LogP contribution in [0.3, 0.4) is 0 Å². The van der Waals surface area contributed by atoms with Crippen LogP contribution in [0, 0.1) is 0 Å². The highest BCUT2D eigenvalue weighted by molar-refractivity contribution is 5.40. The summed E-state index contributed by atoms with van der Waals surface area (Å²) < 4.78 is 17.2. The Balaban J connectivity index is 1.61. The number of hydrogen-bond acceptors (Lipinski definition) is 6. The van der Waals surface area contributed by atoms with Crippen molar-refractivity contribution in [3.8, 4) is 11.5 Å². The molecule has 6 nitrogen and oxygen atoms in total. The van der Waals surface area contributed by atoms with Gasteiger partial charge in [-0.1, -0.05) is 6.07 Å². The summed E-state index contributed by atoms with van der Waals surface area (Å²) in [5.74, 6) is 1.56. The molecule has 2 saturated heterocycles. The molecule has 0 aliphatic carbocycles. The maximum absolute atomic E-state index is 10.4. The van der Waals surface area contributed by atoms with E-state index in [0.29, 0.717) is 13.2 Å². The van der Waals surface area contributed by atoms with E-state index in [1.807, 2.05) is 12.1 Å². The summed E-state index contributed by atoms with van der Waals surface area (Å²) in [7, 11) is 1.66. The molecule has 0 amide bonds. The van der Waals surface area contributed by atoms with Gasteiger partial charge >= 0.3 is 0 Å². The van der Waals surface area contributed by atoms with Gasteiger partial charge in [-0.25, -0.2) is 0 Å². The summed E-state index contributed by atoms with van der Waals surface area (Å²) in [5.41, 5.74) is 0.986. The van der Waals surface area contributed by atoms with Gasteiger partial charge < -0.3 is 24.2 Å². The van der Waals surface area contributed by atoms with Crippen LogP contribution in [0.1, 0.15) is 32.3 Å². The standard InChI is InChI=1S/C21H34N2O4/c1-21(2)16-23(10-11-27-21)13-17-6-7-19(25-3)12-20(17)26-15-18(24)14-22-8-4-5-9-22/h6-7,12,18,24H,4-5,8-11,13-16H2,1-3H3. The van der Waals surface area contributed by atoms with E-state index in [2.05, 4.69) is 29.7 Å². The van der Waals surface area contributed by atoms with Gasteiger partial charge in [-0.2, -0.15) is 0 Å². The largest absolute Gasteiger partial charge is 0.497 e. The number of morpholine rings is 1. The van der Waals surface area contributed by atoms with Gasteiger partial charge in [0.2, 0.25) is 0 Å². The molecule has 0 radical (unpaired) electrons. The first-order valence-electron chi connectivity index (χ1n) is 10.0. The average molecular weight is 379 g/mol. The summed E-state index contributed by atoms with van der Waals surface area (Å²) in [6.45, 7) is 10.7. The molecular weight excluding hydrogens is 344 g/mol. The zero-order valence-corrected chi connectivity index (χ0v) is 16.9. The Morgan fingerprint density at radius 2 is 1.96 bits per heavy atom. The Kier molecular flexibility index (Phi) is 6.98. The molecule has 0 saturated carbocycles. The fraction of sp³-hybridized carbons (Fsp3) is 0.714. The quantitative estimate of drug-likeness (QED) is 0.748. The van der Waals surface area contributed by atoms with Gasteiger partial charge in [0, 0.05) is 37.8 Å². The molecule has 1 aromatic rings. The highest BCUT2D eigenvalue weighted by Gasteiger charge is 2.27. The zero-order valence-electron chi connectivity index (χ0n) is 16.9. The van der Waals surface area contributed by atoms with Crippen molar-refractivity contribution in [2.75, 3.05) is 53.0 Å². The normalized spacial score (nSPS) is 21.9. The van der Waals surface area contributed by atoms with Crippen molar-refractivity contribution in [2.45, 2.75) is 44.9 Å². The van der Waals surface area contributed by atoms with E-state index in [1.54, 1.807) is 7.11 Å². The highest BCUT2D eigenvalue weighted by atomic mass is 16.5. The minimum absolute atomic E-state index is 0.127. The van der Waals surface area contributed by atoms with Gasteiger partial charge in [-0.15, -0.1) is 0 Å². The van der Waals surface area contributed by atoms with Crippen molar-refractivity contribution < 1.29 is 19.3 Å². The Morgan fingerprint density at radius 3 is 2.67 bits per heavy atom. The number of nitrogens with zero attached hydrogens (tertiary/aromatic N) is 2. The van der Waals surface area contributed by atoms with Crippen LogP contribution in [0.25, 0.3) is 0 Å². The number of β-amino-alcohol motifs (C(OH)–C–C–N with tert-alkyl or cyclic N) is 1. The van der Waals surface area contributed by atoms with Crippen LogP contribution in [0.4, 0.5) is 0 Å². The molecule has 3 rings (SSSR count). The summed E-state index contributed by atoms with van der Waals surface area (Å²) in [6, 6.07) is 5.95. The van der Waals surface area contributed by atoms with Crippen molar-refractivity contribution in [1.29, 1.82) is 0 Å². The predicted molar refractivity (Wildman–Crippen MR) is 105 cm³/mol. The van der Waals surface area contributed by atoms with Crippen molar-refractivity contribution in [1.82, 2.24) is 9.80 Å². The molecule has 0 spiro atoms. The third kappa shape index (κ3) is 6.07. The van der Waals surface area contributed by atoms with Gasteiger partial charge in [-0.3, -0.25) is 4.90 Å². The first kappa shape index (κ1) is 20.4. The molecule has 2 heterocycles. The maximum Gasteiger partial charge on any atom is 0.127 e. The number of rotatable bonds is 8. The molecule has 1 N–H and O–H groups in total. The molecule has 27 heavy (non-hydrogen) atoms. The maximum atomic E-state index is 10.4. The van der Waals surface area contributed by atoms with E-state index in [-0.39, 0.29) is 5.60 Å². The molecule has 152 valence electrons.